The van der Waals surface area contributed by atoms with E-state index in [9.17, 15) is 0 Å². The first kappa shape index (κ1) is 13.5. The van der Waals surface area contributed by atoms with Crippen LogP contribution in [-0.2, 0) is 0 Å². The molecule has 0 spiro atoms. The average Bonchev–Trinajstić information content (AvgIpc) is 2.09. The van der Waals surface area contributed by atoms with Crippen LogP contribution in [0.15, 0.2) is 0 Å². The van der Waals surface area contributed by atoms with Gasteiger partial charge in [-0.2, -0.15) is 0 Å². The fraction of sp³-hybridized carbons (Fsp3) is 0.846. The zero-order chi connectivity index (χ0) is 11.2. The quantitative estimate of drug-likeness (QED) is 0.670. The monoisotopic (exact) mass is 195 g/mol. The van der Waals surface area contributed by atoms with Crippen LogP contribution in [0.3, 0.4) is 0 Å². The Hall–Kier alpha value is -0.480. The summed E-state index contributed by atoms with van der Waals surface area (Å²) >= 11 is 0. The molecule has 0 bridgehead atoms. The average molecular weight is 195 g/mol. The fourth-order valence-corrected chi connectivity index (χ4v) is 1.85. The lowest BCUT2D eigenvalue weighted by molar-refractivity contribution is 0.217. The second-order valence-electron chi connectivity index (χ2n) is 5.18. The third-order valence-corrected chi connectivity index (χ3v) is 2.83. The minimum atomic E-state index is 0.189. The van der Waals surface area contributed by atoms with Gasteiger partial charge in [0.15, 0.2) is 0 Å². The summed E-state index contributed by atoms with van der Waals surface area (Å²) in [5, 5.41) is 0. The van der Waals surface area contributed by atoms with E-state index >= 15 is 0 Å². The Morgan fingerprint density at radius 3 is 2.21 bits per heavy atom. The number of hydrogen-bond donors (Lipinski definition) is 1. The molecule has 0 aliphatic carbocycles. The van der Waals surface area contributed by atoms with Crippen LogP contribution in [0.2, 0.25) is 0 Å². The smallest absolute Gasteiger partial charge is 0.0116 e. The van der Waals surface area contributed by atoms with Crippen LogP contribution < -0.4 is 5.73 Å². The van der Waals surface area contributed by atoms with Crippen molar-refractivity contribution in [1.29, 1.82) is 0 Å². The Morgan fingerprint density at radius 1 is 1.29 bits per heavy atom. The van der Waals surface area contributed by atoms with Gasteiger partial charge >= 0.3 is 0 Å². The highest BCUT2D eigenvalue weighted by atomic mass is 14.7. The highest BCUT2D eigenvalue weighted by molar-refractivity contribution is 4.89. The van der Waals surface area contributed by atoms with Crippen LogP contribution in [0.5, 0.6) is 0 Å². The van der Waals surface area contributed by atoms with E-state index in [1.54, 1.807) is 0 Å². The van der Waals surface area contributed by atoms with Crippen molar-refractivity contribution in [1.82, 2.24) is 0 Å². The topological polar surface area (TPSA) is 26.0 Å². The Morgan fingerprint density at radius 2 is 1.86 bits per heavy atom. The van der Waals surface area contributed by atoms with E-state index < -0.39 is 0 Å². The molecule has 0 fully saturated rings. The maximum Gasteiger partial charge on any atom is 0.0116 e. The zero-order valence-corrected chi connectivity index (χ0v) is 10.1. The summed E-state index contributed by atoms with van der Waals surface area (Å²) in [4.78, 5) is 0. The second kappa shape index (κ2) is 6.09. The van der Waals surface area contributed by atoms with Gasteiger partial charge < -0.3 is 5.73 Å². The van der Waals surface area contributed by atoms with E-state index in [4.69, 9.17) is 12.2 Å². The first-order chi connectivity index (χ1) is 6.43. The molecule has 0 aromatic heterocycles. The Labute approximate surface area is 89.5 Å². The van der Waals surface area contributed by atoms with Gasteiger partial charge in [0, 0.05) is 12.5 Å². The number of terminal acetylenes is 1. The Balaban J connectivity index is 4.26. The maximum atomic E-state index is 6.25. The number of hydrogen-bond acceptors (Lipinski definition) is 1. The summed E-state index contributed by atoms with van der Waals surface area (Å²) in [5.41, 5.74) is 6.44. The van der Waals surface area contributed by atoms with E-state index in [2.05, 4.69) is 33.6 Å². The predicted molar refractivity (Wildman–Crippen MR) is 63.9 cm³/mol. The zero-order valence-electron chi connectivity index (χ0n) is 10.1. The lowest BCUT2D eigenvalue weighted by Crippen LogP contribution is -2.41. The van der Waals surface area contributed by atoms with Gasteiger partial charge in [-0.25, -0.2) is 0 Å². The molecule has 1 heteroatoms. The molecule has 0 radical (unpaired) electrons. The SMILES string of the molecule is C#CCCC(CCC)[C@@H](N)C(C)(C)C. The van der Waals surface area contributed by atoms with Crippen molar-refractivity contribution in [3.8, 4) is 12.3 Å². The van der Waals surface area contributed by atoms with Crippen LogP contribution in [0.25, 0.3) is 0 Å². The Bertz CT molecular complexity index is 182. The van der Waals surface area contributed by atoms with Crippen molar-refractivity contribution in [2.24, 2.45) is 17.1 Å². The molecule has 2 atom stereocenters. The molecule has 0 aliphatic rings. The van der Waals surface area contributed by atoms with Gasteiger partial charge in [0.05, 0.1) is 0 Å². The summed E-state index contributed by atoms with van der Waals surface area (Å²) in [5.74, 6) is 3.29. The molecule has 2 N–H and O–H groups in total. The molecule has 1 unspecified atom stereocenters. The van der Waals surface area contributed by atoms with E-state index in [0.717, 1.165) is 12.8 Å². The summed E-state index contributed by atoms with van der Waals surface area (Å²) in [6.45, 7) is 8.82. The maximum absolute atomic E-state index is 6.25. The van der Waals surface area contributed by atoms with Crippen LogP contribution in [0.1, 0.15) is 53.4 Å². The lowest BCUT2D eigenvalue weighted by Gasteiger charge is -2.34. The van der Waals surface area contributed by atoms with Crippen LogP contribution in [0, 0.1) is 23.7 Å². The van der Waals surface area contributed by atoms with Crippen molar-refractivity contribution in [2.45, 2.75) is 59.4 Å². The highest BCUT2D eigenvalue weighted by Gasteiger charge is 2.27. The Kier molecular flexibility index (Phi) is 5.88. The molecule has 82 valence electrons. The normalized spacial score (nSPS) is 16.0. The van der Waals surface area contributed by atoms with E-state index in [-0.39, 0.29) is 11.5 Å². The van der Waals surface area contributed by atoms with Crippen LogP contribution in [0.4, 0.5) is 0 Å². The van der Waals surface area contributed by atoms with Gasteiger partial charge in [0.2, 0.25) is 0 Å². The van der Waals surface area contributed by atoms with Gasteiger partial charge in [-0.05, 0) is 24.2 Å². The minimum Gasteiger partial charge on any atom is -0.327 e. The van der Waals surface area contributed by atoms with Crippen molar-refractivity contribution in [3.63, 3.8) is 0 Å². The molecule has 0 aliphatic heterocycles. The molecule has 0 amide bonds. The molecule has 0 aromatic rings. The van der Waals surface area contributed by atoms with Gasteiger partial charge in [0.1, 0.15) is 0 Å². The summed E-state index contributed by atoms with van der Waals surface area (Å²) in [6, 6.07) is 0.260. The van der Waals surface area contributed by atoms with E-state index in [0.29, 0.717) is 5.92 Å². The molecule has 0 heterocycles. The number of rotatable bonds is 5. The predicted octanol–water partition coefficient (Wildman–Crippen LogP) is 3.19. The van der Waals surface area contributed by atoms with Gasteiger partial charge in [-0.1, -0.05) is 34.1 Å². The molecule has 0 saturated heterocycles. The fourth-order valence-electron chi connectivity index (χ4n) is 1.85. The summed E-state index contributed by atoms with van der Waals surface area (Å²) < 4.78 is 0. The molecule has 0 rings (SSSR count). The molecular weight excluding hydrogens is 170 g/mol. The second-order valence-corrected chi connectivity index (χ2v) is 5.18. The van der Waals surface area contributed by atoms with E-state index in [1.807, 2.05) is 0 Å². The van der Waals surface area contributed by atoms with Gasteiger partial charge in [0.25, 0.3) is 0 Å². The molecule has 14 heavy (non-hydrogen) atoms. The third kappa shape index (κ3) is 4.67. The van der Waals surface area contributed by atoms with Crippen molar-refractivity contribution >= 4 is 0 Å². The van der Waals surface area contributed by atoms with Crippen molar-refractivity contribution in [2.75, 3.05) is 0 Å². The molecule has 1 nitrogen and oxygen atoms in total. The molecular formula is C13H25N. The lowest BCUT2D eigenvalue weighted by atomic mass is 9.76. The van der Waals surface area contributed by atoms with Crippen molar-refractivity contribution < 1.29 is 0 Å². The summed E-state index contributed by atoms with van der Waals surface area (Å²) in [7, 11) is 0. The van der Waals surface area contributed by atoms with Gasteiger partial charge in [-0.15, -0.1) is 12.3 Å². The van der Waals surface area contributed by atoms with Crippen LogP contribution >= 0.6 is 0 Å². The number of nitrogens with two attached hydrogens (primary N) is 1. The summed E-state index contributed by atoms with van der Waals surface area (Å²) in [6.07, 6.45) is 9.61. The highest BCUT2D eigenvalue weighted by Crippen LogP contribution is 2.28. The van der Waals surface area contributed by atoms with Crippen LogP contribution in [-0.4, -0.2) is 6.04 Å². The van der Waals surface area contributed by atoms with Crippen molar-refractivity contribution in [3.05, 3.63) is 0 Å². The largest absolute Gasteiger partial charge is 0.327 e. The standard InChI is InChI=1S/C13H25N/c1-6-8-10-11(9-7-2)12(14)13(3,4)5/h1,11-12H,7-10,14H2,2-5H3/t11?,12-/m1/s1. The molecule has 0 aromatic carbocycles. The third-order valence-electron chi connectivity index (χ3n) is 2.83. The molecule has 0 saturated carbocycles. The first-order valence-corrected chi connectivity index (χ1v) is 5.62. The van der Waals surface area contributed by atoms with E-state index in [1.165, 1.54) is 12.8 Å². The minimum absolute atomic E-state index is 0.189. The first-order valence-electron chi connectivity index (χ1n) is 5.62. The van der Waals surface area contributed by atoms with Gasteiger partial charge in [-0.3, -0.25) is 0 Å².